The molecule has 0 unspecified atom stereocenters. The molecule has 0 fully saturated rings. The maximum atomic E-state index is 11.6. The first-order chi connectivity index (χ1) is 9.38. The molecule has 3 N–H and O–H groups in total. The summed E-state index contributed by atoms with van der Waals surface area (Å²) in [5.41, 5.74) is 5.81. The summed E-state index contributed by atoms with van der Waals surface area (Å²) in [6.45, 7) is 4.86. The largest absolute Gasteiger partial charge is 0.486 e. The van der Waals surface area contributed by atoms with Crippen molar-refractivity contribution in [3.05, 3.63) is 22.7 Å². The van der Waals surface area contributed by atoms with Gasteiger partial charge in [0.1, 0.15) is 13.2 Å². The second-order valence-electron chi connectivity index (χ2n) is 5.33. The lowest BCUT2D eigenvalue weighted by molar-refractivity contribution is -0.125. The smallest absolute Gasteiger partial charge is 0.239 e. The number of benzene rings is 1. The van der Waals surface area contributed by atoms with E-state index in [1.165, 1.54) is 0 Å². The van der Waals surface area contributed by atoms with Gasteiger partial charge in [-0.2, -0.15) is 0 Å². The molecule has 110 valence electrons. The second-order valence-corrected chi connectivity index (χ2v) is 5.74. The second kappa shape index (κ2) is 5.89. The molecule has 1 heterocycles. The zero-order valence-corrected chi connectivity index (χ0v) is 12.4. The quantitative estimate of drug-likeness (QED) is 0.883. The molecule has 2 rings (SSSR count). The van der Waals surface area contributed by atoms with Gasteiger partial charge >= 0.3 is 0 Å². The average molecular weight is 299 g/mol. The Bertz CT molecular complexity index is 512. The predicted octanol–water partition coefficient (Wildman–Crippen LogP) is 1.51. The molecule has 0 aromatic heterocycles. The number of fused-ring (bicyclic) bond motifs is 1. The molecule has 20 heavy (non-hydrogen) atoms. The first-order valence-corrected chi connectivity index (χ1v) is 6.91. The van der Waals surface area contributed by atoms with E-state index in [1.807, 2.05) is 12.1 Å². The van der Waals surface area contributed by atoms with E-state index >= 15 is 0 Å². The number of halogens is 1. The van der Waals surface area contributed by atoms with Crippen LogP contribution in [0.3, 0.4) is 0 Å². The maximum absolute atomic E-state index is 11.6. The summed E-state index contributed by atoms with van der Waals surface area (Å²) >= 11 is 6.15. The summed E-state index contributed by atoms with van der Waals surface area (Å²) in [7, 11) is 0. The normalized spacial score (nSPS) is 14.0. The van der Waals surface area contributed by atoms with Gasteiger partial charge in [-0.05, 0) is 38.0 Å². The molecule has 0 saturated heterocycles. The molecular formula is C14H19ClN2O3. The lowest BCUT2D eigenvalue weighted by Gasteiger charge is -2.21. The molecule has 0 saturated carbocycles. The van der Waals surface area contributed by atoms with Crippen molar-refractivity contribution in [1.29, 1.82) is 0 Å². The van der Waals surface area contributed by atoms with Crippen LogP contribution in [-0.4, -0.2) is 31.2 Å². The van der Waals surface area contributed by atoms with Crippen molar-refractivity contribution in [2.45, 2.75) is 25.8 Å². The number of amides is 1. The van der Waals surface area contributed by atoms with Crippen molar-refractivity contribution in [1.82, 2.24) is 5.32 Å². The van der Waals surface area contributed by atoms with Gasteiger partial charge in [0, 0.05) is 6.54 Å². The molecule has 1 aromatic rings. The van der Waals surface area contributed by atoms with E-state index in [2.05, 4.69) is 5.32 Å². The summed E-state index contributed by atoms with van der Waals surface area (Å²) in [4.78, 5) is 11.6. The molecule has 0 radical (unpaired) electrons. The highest BCUT2D eigenvalue weighted by Crippen LogP contribution is 2.38. The van der Waals surface area contributed by atoms with Crippen molar-refractivity contribution < 1.29 is 14.3 Å². The minimum absolute atomic E-state index is 0.179. The van der Waals surface area contributed by atoms with E-state index in [9.17, 15) is 4.79 Å². The van der Waals surface area contributed by atoms with Crippen LogP contribution in [0.1, 0.15) is 19.4 Å². The van der Waals surface area contributed by atoms with Gasteiger partial charge in [0.15, 0.2) is 11.5 Å². The molecule has 5 nitrogen and oxygen atoms in total. The molecule has 1 amide bonds. The van der Waals surface area contributed by atoms with E-state index in [-0.39, 0.29) is 5.91 Å². The molecule has 0 spiro atoms. The number of hydrogen-bond acceptors (Lipinski definition) is 4. The number of ether oxygens (including phenoxy) is 2. The van der Waals surface area contributed by atoms with Crippen LogP contribution in [-0.2, 0) is 11.2 Å². The van der Waals surface area contributed by atoms with E-state index in [1.54, 1.807) is 13.8 Å². The Morgan fingerprint density at radius 1 is 1.40 bits per heavy atom. The number of rotatable bonds is 4. The molecule has 1 aliphatic rings. The summed E-state index contributed by atoms with van der Waals surface area (Å²) in [6.07, 6.45) is 0.651. The zero-order chi connectivity index (χ0) is 14.8. The van der Waals surface area contributed by atoms with Gasteiger partial charge in [-0.15, -0.1) is 0 Å². The van der Waals surface area contributed by atoms with Gasteiger partial charge in [-0.1, -0.05) is 11.6 Å². The monoisotopic (exact) mass is 298 g/mol. The van der Waals surface area contributed by atoms with Gasteiger partial charge in [0.05, 0.1) is 10.6 Å². The predicted molar refractivity (Wildman–Crippen MR) is 77.4 cm³/mol. The van der Waals surface area contributed by atoms with Crippen molar-refractivity contribution in [2.75, 3.05) is 19.8 Å². The molecule has 6 heteroatoms. The zero-order valence-electron chi connectivity index (χ0n) is 11.7. The summed E-state index contributed by atoms with van der Waals surface area (Å²) in [5, 5.41) is 3.32. The third-order valence-corrected chi connectivity index (χ3v) is 3.22. The minimum atomic E-state index is -0.871. The molecule has 0 bridgehead atoms. The van der Waals surface area contributed by atoms with E-state index < -0.39 is 5.54 Å². The highest BCUT2D eigenvalue weighted by molar-refractivity contribution is 6.32. The first kappa shape index (κ1) is 14.9. The van der Waals surface area contributed by atoms with Crippen LogP contribution in [0.4, 0.5) is 0 Å². The van der Waals surface area contributed by atoms with Crippen LogP contribution in [0.5, 0.6) is 11.5 Å². The van der Waals surface area contributed by atoms with Gasteiger partial charge in [0.25, 0.3) is 0 Å². The number of carbonyl (C=O) groups excluding carboxylic acids is 1. The third kappa shape index (κ3) is 3.55. The first-order valence-electron chi connectivity index (χ1n) is 6.53. The van der Waals surface area contributed by atoms with Crippen LogP contribution in [0.15, 0.2) is 12.1 Å². The lowest BCUT2D eigenvalue weighted by atomic mass is 10.1. The van der Waals surface area contributed by atoms with Crippen molar-refractivity contribution in [2.24, 2.45) is 5.73 Å². The van der Waals surface area contributed by atoms with E-state index in [0.717, 1.165) is 5.56 Å². The Labute approximate surface area is 123 Å². The fourth-order valence-electron chi connectivity index (χ4n) is 1.86. The molecular weight excluding hydrogens is 280 g/mol. The Hall–Kier alpha value is -1.46. The average Bonchev–Trinajstić information content (AvgIpc) is 2.37. The minimum Gasteiger partial charge on any atom is -0.486 e. The lowest BCUT2D eigenvalue weighted by Crippen LogP contribution is -2.49. The standard InChI is InChI=1S/C14H19ClN2O3/c1-14(2,16)13(18)17-4-3-9-7-10(15)12-11(8-9)19-5-6-20-12/h7-8H,3-6,16H2,1-2H3,(H,17,18). The maximum Gasteiger partial charge on any atom is 0.239 e. The fourth-order valence-corrected chi connectivity index (χ4v) is 2.14. The van der Waals surface area contributed by atoms with Crippen molar-refractivity contribution in [3.8, 4) is 11.5 Å². The van der Waals surface area contributed by atoms with Crippen LogP contribution in [0.2, 0.25) is 5.02 Å². The topological polar surface area (TPSA) is 73.6 Å². The van der Waals surface area contributed by atoms with Crippen molar-refractivity contribution in [3.63, 3.8) is 0 Å². The van der Waals surface area contributed by atoms with Gasteiger partial charge in [0.2, 0.25) is 5.91 Å². The summed E-state index contributed by atoms with van der Waals surface area (Å²) in [6, 6.07) is 3.72. The van der Waals surface area contributed by atoms with Crippen LogP contribution in [0, 0.1) is 0 Å². The molecule has 1 aromatic carbocycles. The number of nitrogens with one attached hydrogen (secondary N) is 1. The third-order valence-electron chi connectivity index (χ3n) is 2.94. The number of nitrogens with two attached hydrogens (primary N) is 1. The Morgan fingerprint density at radius 3 is 2.80 bits per heavy atom. The Balaban J connectivity index is 1.97. The van der Waals surface area contributed by atoms with E-state index in [0.29, 0.717) is 42.7 Å². The van der Waals surface area contributed by atoms with E-state index in [4.69, 9.17) is 26.8 Å². The van der Waals surface area contributed by atoms with Gasteiger partial charge in [-0.3, -0.25) is 4.79 Å². The van der Waals surface area contributed by atoms with Gasteiger partial charge in [-0.25, -0.2) is 0 Å². The summed E-state index contributed by atoms with van der Waals surface area (Å²) in [5.74, 6) is 1.07. The highest BCUT2D eigenvalue weighted by atomic mass is 35.5. The molecule has 0 aliphatic carbocycles. The van der Waals surface area contributed by atoms with Crippen LogP contribution < -0.4 is 20.5 Å². The van der Waals surface area contributed by atoms with Gasteiger partial charge < -0.3 is 20.5 Å². The highest BCUT2D eigenvalue weighted by Gasteiger charge is 2.21. The van der Waals surface area contributed by atoms with Crippen LogP contribution in [0.25, 0.3) is 0 Å². The van der Waals surface area contributed by atoms with Crippen LogP contribution >= 0.6 is 11.6 Å². The number of hydrogen-bond donors (Lipinski definition) is 2. The van der Waals surface area contributed by atoms with Crippen molar-refractivity contribution >= 4 is 17.5 Å². The molecule has 1 aliphatic heterocycles. The molecule has 0 atom stereocenters. The SMILES string of the molecule is CC(C)(N)C(=O)NCCc1cc(Cl)c2c(c1)OCCO2. The Morgan fingerprint density at radius 2 is 2.10 bits per heavy atom. The fraction of sp³-hybridized carbons (Fsp3) is 0.500. The Kier molecular flexibility index (Phi) is 4.40. The summed E-state index contributed by atoms with van der Waals surface area (Å²) < 4.78 is 11.0. The number of carbonyl (C=O) groups is 1.